The zero-order chi connectivity index (χ0) is 18.6. The fourth-order valence-corrected chi connectivity index (χ4v) is 5.39. The fraction of sp³-hybridized carbons (Fsp3) is 0. The third-order valence-electron chi connectivity index (χ3n) is 6.46. The van der Waals surface area contributed by atoms with E-state index in [0.717, 1.165) is 5.39 Å². The average molecular weight is 356 g/mol. The number of benzene rings is 5. The van der Waals surface area contributed by atoms with Crippen LogP contribution in [0.2, 0.25) is 0 Å². The van der Waals surface area contributed by atoms with Crippen LogP contribution >= 0.6 is 0 Å². The number of nitrogens with two attached hydrogens (primary N) is 2. The van der Waals surface area contributed by atoms with Crippen molar-refractivity contribution in [3.05, 3.63) is 72.8 Å². The Labute approximate surface area is 160 Å². The quantitative estimate of drug-likeness (QED) is 0.236. The highest BCUT2D eigenvalue weighted by atomic mass is 14.7. The van der Waals surface area contributed by atoms with Crippen molar-refractivity contribution in [2.75, 3.05) is 11.5 Å². The van der Waals surface area contributed by atoms with Gasteiger partial charge < -0.3 is 11.5 Å². The second kappa shape index (κ2) is 4.55. The second-order valence-electron chi connectivity index (χ2n) is 7.75. The lowest BCUT2D eigenvalue weighted by molar-refractivity contribution is 1.78. The average Bonchev–Trinajstić information content (AvgIpc) is 3.24. The normalized spacial score (nSPS) is 12.6. The molecule has 0 fully saturated rings. The Morgan fingerprint density at radius 3 is 1.54 bits per heavy atom. The van der Waals surface area contributed by atoms with Crippen LogP contribution < -0.4 is 11.5 Å². The molecular formula is C26H16N2. The molecule has 0 heterocycles. The summed E-state index contributed by atoms with van der Waals surface area (Å²) in [4.78, 5) is 0. The van der Waals surface area contributed by atoms with Crippen molar-refractivity contribution in [1.82, 2.24) is 0 Å². The molecule has 7 aromatic carbocycles. The minimum atomic E-state index is 0.655. The van der Waals surface area contributed by atoms with Gasteiger partial charge in [-0.05, 0) is 54.5 Å². The molecule has 0 saturated carbocycles. The van der Waals surface area contributed by atoms with Gasteiger partial charge in [0.1, 0.15) is 0 Å². The molecule has 0 aliphatic rings. The molecule has 2 heteroatoms. The van der Waals surface area contributed by atoms with E-state index in [-0.39, 0.29) is 0 Å². The van der Waals surface area contributed by atoms with E-state index in [0.29, 0.717) is 11.4 Å². The molecule has 0 saturated heterocycles. The van der Waals surface area contributed by atoms with Crippen LogP contribution in [0.25, 0.3) is 64.6 Å². The van der Waals surface area contributed by atoms with Gasteiger partial charge in [0.25, 0.3) is 0 Å². The molecule has 7 rings (SSSR count). The van der Waals surface area contributed by atoms with Crippen LogP contribution in [0, 0.1) is 0 Å². The van der Waals surface area contributed by atoms with Crippen LogP contribution in [-0.2, 0) is 0 Å². The van der Waals surface area contributed by atoms with Crippen LogP contribution in [0.1, 0.15) is 0 Å². The van der Waals surface area contributed by atoms with Gasteiger partial charge in [0.2, 0.25) is 0 Å². The van der Waals surface area contributed by atoms with Crippen molar-refractivity contribution in [1.29, 1.82) is 0 Å². The Bertz CT molecular complexity index is 1730. The molecular weight excluding hydrogens is 340 g/mol. The predicted octanol–water partition coefficient (Wildman–Crippen LogP) is 6.65. The standard InChI is InChI=1S/C26H16N2/c27-20-12-19-14-7-2-3-8-15(14)22-18-11-5-10-16-13-6-1-4-9-17(13)23(21(16)18)25(24(19)22)26(20)28/h1-12H,27-28H2. The molecule has 0 atom stereocenters. The Balaban J connectivity index is 2.03. The number of nitrogen functional groups attached to an aromatic ring is 2. The van der Waals surface area contributed by atoms with Crippen molar-refractivity contribution in [2.24, 2.45) is 0 Å². The highest BCUT2D eigenvalue weighted by molar-refractivity contribution is 6.49. The van der Waals surface area contributed by atoms with Gasteiger partial charge in [-0.2, -0.15) is 0 Å². The Hall–Kier alpha value is -3.78. The van der Waals surface area contributed by atoms with Gasteiger partial charge in [-0.3, -0.25) is 0 Å². The first-order valence-corrected chi connectivity index (χ1v) is 9.55. The molecule has 4 N–H and O–H groups in total. The van der Waals surface area contributed by atoms with Gasteiger partial charge in [-0.15, -0.1) is 0 Å². The van der Waals surface area contributed by atoms with E-state index < -0.39 is 0 Å². The van der Waals surface area contributed by atoms with E-state index in [2.05, 4.69) is 72.8 Å². The minimum absolute atomic E-state index is 0.655. The lowest BCUT2D eigenvalue weighted by Gasteiger charge is -2.11. The summed E-state index contributed by atoms with van der Waals surface area (Å²) < 4.78 is 0. The molecule has 28 heavy (non-hydrogen) atoms. The molecule has 0 spiro atoms. The monoisotopic (exact) mass is 356 g/mol. The lowest BCUT2D eigenvalue weighted by atomic mass is 9.94. The van der Waals surface area contributed by atoms with Crippen molar-refractivity contribution >= 4 is 76.0 Å². The van der Waals surface area contributed by atoms with Gasteiger partial charge in [-0.25, -0.2) is 0 Å². The van der Waals surface area contributed by atoms with Crippen LogP contribution in [-0.4, -0.2) is 0 Å². The summed E-state index contributed by atoms with van der Waals surface area (Å²) >= 11 is 0. The first-order valence-electron chi connectivity index (χ1n) is 9.55. The Morgan fingerprint density at radius 1 is 0.393 bits per heavy atom. The summed E-state index contributed by atoms with van der Waals surface area (Å²) in [6.45, 7) is 0. The molecule has 0 aliphatic heterocycles. The molecule has 0 radical (unpaired) electrons. The van der Waals surface area contributed by atoms with Crippen LogP contribution in [0.4, 0.5) is 11.4 Å². The van der Waals surface area contributed by atoms with Gasteiger partial charge >= 0.3 is 0 Å². The largest absolute Gasteiger partial charge is 0.397 e. The molecule has 0 aliphatic carbocycles. The predicted molar refractivity (Wildman–Crippen MR) is 123 cm³/mol. The molecule has 0 amide bonds. The summed E-state index contributed by atoms with van der Waals surface area (Å²) in [6.07, 6.45) is 0. The van der Waals surface area contributed by atoms with Crippen molar-refractivity contribution < 1.29 is 0 Å². The van der Waals surface area contributed by atoms with E-state index >= 15 is 0 Å². The summed E-state index contributed by atoms with van der Waals surface area (Å²) in [6, 6.07) is 25.9. The first kappa shape index (κ1) is 14.3. The number of hydrogen-bond donors (Lipinski definition) is 2. The summed E-state index contributed by atoms with van der Waals surface area (Å²) in [5, 5.41) is 15.0. The van der Waals surface area contributed by atoms with Crippen molar-refractivity contribution in [2.45, 2.75) is 0 Å². The maximum atomic E-state index is 6.64. The van der Waals surface area contributed by atoms with E-state index in [9.17, 15) is 0 Å². The highest BCUT2D eigenvalue weighted by Gasteiger charge is 2.23. The van der Waals surface area contributed by atoms with Crippen molar-refractivity contribution in [3.63, 3.8) is 0 Å². The van der Waals surface area contributed by atoms with E-state index in [1.807, 2.05) is 0 Å². The van der Waals surface area contributed by atoms with E-state index in [1.54, 1.807) is 0 Å². The summed E-state index contributed by atoms with van der Waals surface area (Å²) in [5.74, 6) is 0. The molecule has 0 aromatic heterocycles. The number of fused-ring (bicyclic) bond motifs is 8. The molecule has 0 bridgehead atoms. The fourth-order valence-electron chi connectivity index (χ4n) is 5.39. The number of hydrogen-bond acceptors (Lipinski definition) is 2. The molecule has 0 unspecified atom stereocenters. The SMILES string of the molecule is Nc1cc2c3ccccc3c3c4cccc5c6ccccc6c(c(c1N)c23)c54. The van der Waals surface area contributed by atoms with Gasteiger partial charge in [0.15, 0.2) is 0 Å². The van der Waals surface area contributed by atoms with Gasteiger partial charge in [0, 0.05) is 16.2 Å². The number of anilines is 2. The first-order chi connectivity index (χ1) is 13.8. The number of rotatable bonds is 0. The van der Waals surface area contributed by atoms with E-state index in [1.165, 1.54) is 59.2 Å². The van der Waals surface area contributed by atoms with Crippen molar-refractivity contribution in [3.8, 4) is 0 Å². The summed E-state index contributed by atoms with van der Waals surface area (Å²) in [7, 11) is 0. The lowest BCUT2D eigenvalue weighted by Crippen LogP contribution is -1.96. The maximum absolute atomic E-state index is 6.64. The van der Waals surface area contributed by atoms with Crippen LogP contribution in [0.15, 0.2) is 72.8 Å². The van der Waals surface area contributed by atoms with Crippen LogP contribution in [0.3, 0.4) is 0 Å². The molecule has 130 valence electrons. The Morgan fingerprint density at radius 2 is 0.857 bits per heavy atom. The van der Waals surface area contributed by atoms with Crippen LogP contribution in [0.5, 0.6) is 0 Å². The highest BCUT2D eigenvalue weighted by Crippen LogP contribution is 2.52. The topological polar surface area (TPSA) is 52.0 Å². The van der Waals surface area contributed by atoms with E-state index in [4.69, 9.17) is 11.5 Å². The summed E-state index contributed by atoms with van der Waals surface area (Å²) in [5.41, 5.74) is 14.4. The van der Waals surface area contributed by atoms with Gasteiger partial charge in [-0.1, -0.05) is 66.7 Å². The molecule has 2 nitrogen and oxygen atoms in total. The van der Waals surface area contributed by atoms with Gasteiger partial charge in [0.05, 0.1) is 11.4 Å². The maximum Gasteiger partial charge on any atom is 0.0634 e. The Kier molecular flexibility index (Phi) is 2.32. The zero-order valence-corrected chi connectivity index (χ0v) is 15.1. The third kappa shape index (κ3) is 1.41. The second-order valence-corrected chi connectivity index (χ2v) is 7.75. The smallest absolute Gasteiger partial charge is 0.0634 e. The zero-order valence-electron chi connectivity index (χ0n) is 15.1. The third-order valence-corrected chi connectivity index (χ3v) is 6.46. The minimum Gasteiger partial charge on any atom is -0.397 e. The molecule has 7 aromatic rings.